The molecule has 82 valence electrons. The zero-order valence-corrected chi connectivity index (χ0v) is 9.52. The highest BCUT2D eigenvalue weighted by atomic mass is 35.5. The predicted octanol–water partition coefficient (Wildman–Crippen LogP) is 1.62. The number of amides is 1. The van der Waals surface area contributed by atoms with Gasteiger partial charge in [0.15, 0.2) is 6.61 Å². The van der Waals surface area contributed by atoms with E-state index < -0.39 is 0 Å². The Bertz CT molecular complexity index is 338. The molecular weight excluding hydrogens is 239 g/mol. The number of hydrogen-bond acceptors (Lipinski definition) is 3. The van der Waals surface area contributed by atoms with Gasteiger partial charge in [0.2, 0.25) is 0 Å². The van der Waals surface area contributed by atoms with Crippen molar-refractivity contribution in [1.29, 1.82) is 0 Å². The van der Waals surface area contributed by atoms with Crippen LogP contribution in [0.4, 0.5) is 0 Å². The van der Waals surface area contributed by atoms with Crippen molar-refractivity contribution in [2.24, 2.45) is 0 Å². The van der Waals surface area contributed by atoms with Crippen molar-refractivity contribution in [2.75, 3.05) is 13.7 Å². The fourth-order valence-corrected chi connectivity index (χ4v) is 1.44. The summed E-state index contributed by atoms with van der Waals surface area (Å²) in [5, 5.41) is 0.929. The molecule has 0 heterocycles. The van der Waals surface area contributed by atoms with Gasteiger partial charge in [0, 0.05) is 17.1 Å². The molecule has 0 aromatic heterocycles. The highest BCUT2D eigenvalue weighted by molar-refractivity contribution is 6.34. The lowest BCUT2D eigenvalue weighted by molar-refractivity contribution is -0.123. The Balaban J connectivity index is 2.54. The fraction of sp³-hybridized carbons (Fsp3) is 0.222. The van der Waals surface area contributed by atoms with Gasteiger partial charge in [0.05, 0.1) is 0 Å². The molecule has 1 rings (SSSR count). The Hall–Kier alpha value is -0.970. The summed E-state index contributed by atoms with van der Waals surface area (Å²) in [5.41, 5.74) is 4.86. The molecule has 6 heteroatoms. The summed E-state index contributed by atoms with van der Waals surface area (Å²) in [6.07, 6.45) is 0. The van der Waals surface area contributed by atoms with Gasteiger partial charge in [-0.2, -0.15) is 0 Å². The summed E-state index contributed by atoms with van der Waals surface area (Å²) >= 11 is 11.5. The molecule has 0 saturated heterocycles. The summed E-state index contributed by atoms with van der Waals surface area (Å²) in [5.74, 6) is 0.173. The third kappa shape index (κ3) is 4.38. The number of benzene rings is 1. The lowest BCUT2D eigenvalue weighted by Gasteiger charge is -2.07. The van der Waals surface area contributed by atoms with Gasteiger partial charge in [-0.05, 0) is 18.2 Å². The first kappa shape index (κ1) is 12.1. The maximum absolute atomic E-state index is 11.0. The molecule has 0 bridgehead atoms. The van der Waals surface area contributed by atoms with Gasteiger partial charge in [-0.3, -0.25) is 10.2 Å². The Morgan fingerprint density at radius 1 is 1.33 bits per heavy atom. The summed E-state index contributed by atoms with van der Waals surface area (Å²) in [4.78, 5) is 11.0. The van der Waals surface area contributed by atoms with Gasteiger partial charge < -0.3 is 4.74 Å². The quantitative estimate of drug-likeness (QED) is 0.797. The fourth-order valence-electron chi connectivity index (χ4n) is 0.936. The number of halogens is 2. The van der Waals surface area contributed by atoms with E-state index in [1.807, 2.05) is 0 Å². The minimum Gasteiger partial charge on any atom is -0.484 e. The lowest BCUT2D eigenvalue weighted by Crippen LogP contribution is -2.37. The summed E-state index contributed by atoms with van der Waals surface area (Å²) < 4.78 is 5.16. The van der Waals surface area contributed by atoms with E-state index in [1.54, 1.807) is 25.2 Å². The summed E-state index contributed by atoms with van der Waals surface area (Å²) in [6, 6.07) is 4.75. The van der Waals surface area contributed by atoms with E-state index in [1.165, 1.54) is 0 Å². The van der Waals surface area contributed by atoms with Crippen LogP contribution in [0.3, 0.4) is 0 Å². The first-order valence-electron chi connectivity index (χ1n) is 4.16. The van der Waals surface area contributed by atoms with Crippen LogP contribution in [0.1, 0.15) is 0 Å². The van der Waals surface area contributed by atoms with Gasteiger partial charge in [-0.25, -0.2) is 5.43 Å². The summed E-state index contributed by atoms with van der Waals surface area (Å²) in [6.45, 7) is -0.0997. The van der Waals surface area contributed by atoms with Gasteiger partial charge in [0.1, 0.15) is 5.75 Å². The number of hydrogen-bond donors (Lipinski definition) is 2. The molecule has 1 aromatic rings. The molecule has 0 radical (unpaired) electrons. The predicted molar refractivity (Wildman–Crippen MR) is 59.2 cm³/mol. The second kappa shape index (κ2) is 5.80. The molecule has 0 aliphatic heterocycles. The lowest BCUT2D eigenvalue weighted by atomic mass is 10.3. The molecule has 0 saturated carbocycles. The number of carbonyl (C=O) groups excluding carboxylic acids is 1. The highest BCUT2D eigenvalue weighted by Gasteiger charge is 2.03. The van der Waals surface area contributed by atoms with Gasteiger partial charge in [-0.15, -0.1) is 0 Å². The standard InChI is InChI=1S/C9H10Cl2N2O2/c1-12-13-9(14)5-15-8-3-6(10)2-7(11)4-8/h2-4,12H,5H2,1H3,(H,13,14). The minimum atomic E-state index is -0.284. The molecular formula is C9H10Cl2N2O2. The van der Waals surface area contributed by atoms with Crippen molar-refractivity contribution in [2.45, 2.75) is 0 Å². The van der Waals surface area contributed by atoms with Crippen molar-refractivity contribution in [3.63, 3.8) is 0 Å². The van der Waals surface area contributed by atoms with Gasteiger partial charge >= 0.3 is 0 Å². The molecule has 2 N–H and O–H groups in total. The smallest absolute Gasteiger partial charge is 0.271 e. The SMILES string of the molecule is CNNC(=O)COc1cc(Cl)cc(Cl)c1. The third-order valence-corrected chi connectivity index (χ3v) is 1.91. The van der Waals surface area contributed by atoms with Crippen LogP contribution in [-0.2, 0) is 4.79 Å². The molecule has 4 nitrogen and oxygen atoms in total. The van der Waals surface area contributed by atoms with E-state index in [9.17, 15) is 4.79 Å². The Morgan fingerprint density at radius 2 is 1.93 bits per heavy atom. The number of hydrazine groups is 1. The Kier molecular flexibility index (Phi) is 4.68. The molecule has 0 fully saturated rings. The largest absolute Gasteiger partial charge is 0.484 e. The van der Waals surface area contributed by atoms with Crippen molar-refractivity contribution < 1.29 is 9.53 Å². The third-order valence-electron chi connectivity index (χ3n) is 1.47. The maximum Gasteiger partial charge on any atom is 0.271 e. The van der Waals surface area contributed by atoms with E-state index >= 15 is 0 Å². The molecule has 15 heavy (non-hydrogen) atoms. The highest BCUT2D eigenvalue weighted by Crippen LogP contribution is 2.23. The summed E-state index contributed by atoms with van der Waals surface area (Å²) in [7, 11) is 1.59. The van der Waals surface area contributed by atoms with E-state index in [0.717, 1.165) is 0 Å². The van der Waals surface area contributed by atoms with E-state index in [0.29, 0.717) is 15.8 Å². The number of ether oxygens (including phenoxy) is 1. The Morgan fingerprint density at radius 3 is 2.47 bits per heavy atom. The Labute approximate surface area is 97.5 Å². The van der Waals surface area contributed by atoms with Crippen LogP contribution in [0, 0.1) is 0 Å². The molecule has 0 spiro atoms. The zero-order valence-electron chi connectivity index (χ0n) is 8.01. The molecule has 0 unspecified atom stereocenters. The van der Waals surface area contributed by atoms with Crippen molar-refractivity contribution >= 4 is 29.1 Å². The average Bonchev–Trinajstić information content (AvgIpc) is 2.14. The van der Waals surface area contributed by atoms with Crippen LogP contribution in [0.5, 0.6) is 5.75 Å². The molecule has 1 amide bonds. The van der Waals surface area contributed by atoms with E-state index in [-0.39, 0.29) is 12.5 Å². The van der Waals surface area contributed by atoms with Crippen molar-refractivity contribution in [3.05, 3.63) is 28.2 Å². The maximum atomic E-state index is 11.0. The van der Waals surface area contributed by atoms with Gasteiger partial charge in [-0.1, -0.05) is 23.2 Å². The average molecular weight is 249 g/mol. The van der Waals surface area contributed by atoms with E-state index in [4.69, 9.17) is 27.9 Å². The number of carbonyl (C=O) groups is 1. The topological polar surface area (TPSA) is 50.4 Å². The van der Waals surface area contributed by atoms with Crippen LogP contribution in [0.25, 0.3) is 0 Å². The van der Waals surface area contributed by atoms with E-state index in [2.05, 4.69) is 10.9 Å². The van der Waals surface area contributed by atoms with Crippen LogP contribution >= 0.6 is 23.2 Å². The molecule has 0 atom stereocenters. The van der Waals surface area contributed by atoms with Crippen molar-refractivity contribution in [1.82, 2.24) is 10.9 Å². The monoisotopic (exact) mass is 248 g/mol. The zero-order chi connectivity index (χ0) is 11.3. The minimum absolute atomic E-state index is 0.0997. The molecule has 0 aliphatic rings. The molecule has 1 aromatic carbocycles. The van der Waals surface area contributed by atoms with Crippen LogP contribution in [-0.4, -0.2) is 19.6 Å². The second-order valence-electron chi connectivity index (χ2n) is 2.69. The van der Waals surface area contributed by atoms with Crippen LogP contribution in [0.15, 0.2) is 18.2 Å². The number of rotatable bonds is 4. The van der Waals surface area contributed by atoms with Gasteiger partial charge in [0.25, 0.3) is 5.91 Å². The number of nitrogens with one attached hydrogen (secondary N) is 2. The van der Waals surface area contributed by atoms with Crippen LogP contribution < -0.4 is 15.6 Å². The van der Waals surface area contributed by atoms with Crippen molar-refractivity contribution in [3.8, 4) is 5.75 Å². The molecule has 0 aliphatic carbocycles. The second-order valence-corrected chi connectivity index (χ2v) is 3.56. The van der Waals surface area contributed by atoms with Crippen LogP contribution in [0.2, 0.25) is 10.0 Å². The first-order valence-corrected chi connectivity index (χ1v) is 4.92. The first-order chi connectivity index (χ1) is 7.11. The normalized spacial score (nSPS) is 9.80.